The molecule has 0 saturated carbocycles. The van der Waals surface area contributed by atoms with Crippen LogP contribution >= 0.6 is 24.0 Å². The Balaban J connectivity index is 0.00000320. The normalized spacial score (nSPS) is 20.4. The van der Waals surface area contributed by atoms with Gasteiger partial charge in [0.05, 0.1) is 19.3 Å². The van der Waals surface area contributed by atoms with Gasteiger partial charge in [-0.05, 0) is 49.5 Å². The molecule has 2 saturated heterocycles. The minimum absolute atomic E-state index is 0. The van der Waals surface area contributed by atoms with E-state index in [1.807, 2.05) is 19.2 Å². The van der Waals surface area contributed by atoms with Gasteiger partial charge < -0.3 is 20.3 Å². The summed E-state index contributed by atoms with van der Waals surface area (Å²) in [5.74, 6) is 1.18. The standard InChI is InChI=1S/C22H36FN5O.HI/c1-18(17-27-9-3-4-10-27)15-25-22(24-2)26-16-21(28-11-13-29-14-12-28)19-5-7-20(23)8-6-19;/h5-8,18,21H,3-4,9-17H2,1-2H3,(H2,24,25,26);1H. The smallest absolute Gasteiger partial charge is 0.191 e. The molecule has 6 nitrogen and oxygen atoms in total. The van der Waals surface area contributed by atoms with Crippen LogP contribution in [0.4, 0.5) is 4.39 Å². The topological polar surface area (TPSA) is 52.1 Å². The molecule has 2 unspecified atom stereocenters. The van der Waals surface area contributed by atoms with Gasteiger partial charge in [0.25, 0.3) is 0 Å². The highest BCUT2D eigenvalue weighted by Crippen LogP contribution is 2.21. The van der Waals surface area contributed by atoms with E-state index in [0.717, 1.165) is 50.9 Å². The first-order valence-electron chi connectivity index (χ1n) is 10.9. The van der Waals surface area contributed by atoms with Gasteiger partial charge in [-0.25, -0.2) is 4.39 Å². The molecule has 170 valence electrons. The second-order valence-corrected chi connectivity index (χ2v) is 8.16. The van der Waals surface area contributed by atoms with Crippen LogP contribution in [0.3, 0.4) is 0 Å². The van der Waals surface area contributed by atoms with Crippen molar-refractivity contribution in [2.45, 2.75) is 25.8 Å². The SMILES string of the molecule is CN=C(NCC(C)CN1CCCC1)NCC(c1ccc(F)cc1)N1CCOCC1.I. The summed E-state index contributed by atoms with van der Waals surface area (Å²) in [6, 6.07) is 6.99. The van der Waals surface area contributed by atoms with Crippen molar-refractivity contribution in [3.8, 4) is 0 Å². The molecule has 3 rings (SSSR count). The number of hydrogen-bond donors (Lipinski definition) is 2. The van der Waals surface area contributed by atoms with E-state index in [4.69, 9.17) is 4.74 Å². The van der Waals surface area contributed by atoms with Crippen molar-refractivity contribution in [2.75, 3.05) is 66.1 Å². The Morgan fingerprint density at radius 1 is 1.07 bits per heavy atom. The second kappa shape index (κ2) is 13.4. The van der Waals surface area contributed by atoms with E-state index in [-0.39, 0.29) is 35.8 Å². The minimum atomic E-state index is -0.202. The van der Waals surface area contributed by atoms with Crippen LogP contribution in [0.5, 0.6) is 0 Å². The monoisotopic (exact) mass is 533 g/mol. The van der Waals surface area contributed by atoms with Crippen LogP contribution in [0.2, 0.25) is 0 Å². The number of halogens is 2. The van der Waals surface area contributed by atoms with Crippen molar-refractivity contribution in [2.24, 2.45) is 10.9 Å². The largest absolute Gasteiger partial charge is 0.379 e. The van der Waals surface area contributed by atoms with Crippen LogP contribution < -0.4 is 10.6 Å². The van der Waals surface area contributed by atoms with Gasteiger partial charge in [0.2, 0.25) is 0 Å². The molecule has 1 aromatic carbocycles. The molecule has 0 aromatic heterocycles. The lowest BCUT2D eigenvalue weighted by Crippen LogP contribution is -2.47. The first-order valence-corrected chi connectivity index (χ1v) is 10.9. The summed E-state index contributed by atoms with van der Waals surface area (Å²) in [7, 11) is 1.81. The zero-order valence-corrected chi connectivity index (χ0v) is 20.6. The van der Waals surface area contributed by atoms with Gasteiger partial charge in [-0.15, -0.1) is 24.0 Å². The third-order valence-electron chi connectivity index (χ3n) is 5.81. The maximum atomic E-state index is 13.4. The van der Waals surface area contributed by atoms with Gasteiger partial charge in [-0.3, -0.25) is 9.89 Å². The number of aliphatic imine (C=N–C) groups is 1. The molecule has 2 heterocycles. The Kier molecular flexibility index (Phi) is 11.3. The molecule has 0 bridgehead atoms. The van der Waals surface area contributed by atoms with Gasteiger partial charge >= 0.3 is 0 Å². The molecule has 2 atom stereocenters. The quantitative estimate of drug-likeness (QED) is 0.306. The first-order chi connectivity index (χ1) is 14.2. The van der Waals surface area contributed by atoms with Gasteiger partial charge in [-0.2, -0.15) is 0 Å². The number of hydrogen-bond acceptors (Lipinski definition) is 4. The molecule has 2 aliphatic rings. The van der Waals surface area contributed by atoms with E-state index in [1.165, 1.54) is 38.1 Å². The van der Waals surface area contributed by atoms with Crippen molar-refractivity contribution in [1.82, 2.24) is 20.4 Å². The first kappa shape index (κ1) is 25.3. The lowest BCUT2D eigenvalue weighted by Gasteiger charge is -2.35. The van der Waals surface area contributed by atoms with Crippen LogP contribution in [0.25, 0.3) is 0 Å². The highest BCUT2D eigenvalue weighted by atomic mass is 127. The van der Waals surface area contributed by atoms with Crippen molar-refractivity contribution < 1.29 is 9.13 Å². The Hall–Kier alpha value is -0.970. The van der Waals surface area contributed by atoms with Crippen LogP contribution in [0.15, 0.2) is 29.3 Å². The zero-order chi connectivity index (χ0) is 20.5. The maximum Gasteiger partial charge on any atom is 0.191 e. The van der Waals surface area contributed by atoms with Crippen LogP contribution in [-0.4, -0.2) is 81.8 Å². The summed E-state index contributed by atoms with van der Waals surface area (Å²) in [5.41, 5.74) is 1.11. The number of morpholine rings is 1. The van der Waals surface area contributed by atoms with Gasteiger partial charge in [0.1, 0.15) is 5.82 Å². The van der Waals surface area contributed by atoms with Gasteiger partial charge in [0, 0.05) is 39.8 Å². The number of nitrogens with one attached hydrogen (secondary N) is 2. The van der Waals surface area contributed by atoms with E-state index in [0.29, 0.717) is 12.5 Å². The Labute approximate surface area is 197 Å². The Morgan fingerprint density at radius 2 is 1.70 bits per heavy atom. The molecule has 2 aliphatic heterocycles. The second-order valence-electron chi connectivity index (χ2n) is 8.16. The van der Waals surface area contributed by atoms with Crippen molar-refractivity contribution in [1.29, 1.82) is 0 Å². The molecule has 0 amide bonds. The highest BCUT2D eigenvalue weighted by molar-refractivity contribution is 14.0. The fraction of sp³-hybridized carbons (Fsp3) is 0.682. The summed E-state index contributed by atoms with van der Waals surface area (Å²) in [6.07, 6.45) is 2.66. The van der Waals surface area contributed by atoms with Gasteiger partial charge in [0.15, 0.2) is 5.96 Å². The molecule has 0 aliphatic carbocycles. The zero-order valence-electron chi connectivity index (χ0n) is 18.3. The Morgan fingerprint density at radius 3 is 2.33 bits per heavy atom. The molecule has 1 aromatic rings. The fourth-order valence-electron chi connectivity index (χ4n) is 4.19. The van der Waals surface area contributed by atoms with Crippen molar-refractivity contribution in [3.05, 3.63) is 35.6 Å². The summed E-state index contributed by atoms with van der Waals surface area (Å²) < 4.78 is 18.9. The number of ether oxygens (including phenoxy) is 1. The number of guanidine groups is 1. The lowest BCUT2D eigenvalue weighted by molar-refractivity contribution is 0.0170. The number of benzene rings is 1. The third kappa shape index (κ3) is 7.94. The van der Waals surface area contributed by atoms with Crippen LogP contribution in [0.1, 0.15) is 31.4 Å². The summed E-state index contributed by atoms with van der Waals surface area (Å²) in [4.78, 5) is 9.34. The number of likely N-dealkylation sites (tertiary alicyclic amines) is 1. The molecular weight excluding hydrogens is 496 g/mol. The molecular formula is C22H37FIN5O. The minimum Gasteiger partial charge on any atom is -0.379 e. The van der Waals surface area contributed by atoms with Gasteiger partial charge in [-0.1, -0.05) is 19.1 Å². The predicted molar refractivity (Wildman–Crippen MR) is 131 cm³/mol. The van der Waals surface area contributed by atoms with E-state index in [1.54, 1.807) is 0 Å². The highest BCUT2D eigenvalue weighted by Gasteiger charge is 2.23. The maximum absolute atomic E-state index is 13.4. The van der Waals surface area contributed by atoms with Crippen LogP contribution in [0, 0.1) is 11.7 Å². The molecule has 0 radical (unpaired) electrons. The average Bonchev–Trinajstić information content (AvgIpc) is 3.25. The molecule has 0 spiro atoms. The van der Waals surface area contributed by atoms with E-state index in [2.05, 4.69) is 32.3 Å². The third-order valence-corrected chi connectivity index (χ3v) is 5.81. The predicted octanol–water partition coefficient (Wildman–Crippen LogP) is 2.71. The van der Waals surface area contributed by atoms with Crippen molar-refractivity contribution in [3.63, 3.8) is 0 Å². The lowest BCUT2D eigenvalue weighted by atomic mass is 10.0. The number of rotatable bonds is 8. The van der Waals surface area contributed by atoms with E-state index < -0.39 is 0 Å². The molecule has 2 fully saturated rings. The van der Waals surface area contributed by atoms with Crippen molar-refractivity contribution >= 4 is 29.9 Å². The van der Waals surface area contributed by atoms with E-state index >= 15 is 0 Å². The van der Waals surface area contributed by atoms with E-state index in [9.17, 15) is 4.39 Å². The molecule has 30 heavy (non-hydrogen) atoms. The summed E-state index contributed by atoms with van der Waals surface area (Å²) in [6.45, 7) is 10.7. The average molecular weight is 533 g/mol. The molecule has 8 heteroatoms. The Bertz CT molecular complexity index is 633. The fourth-order valence-corrected chi connectivity index (χ4v) is 4.19. The summed E-state index contributed by atoms with van der Waals surface area (Å²) in [5, 5.41) is 6.95. The number of nitrogens with zero attached hydrogens (tertiary/aromatic N) is 3. The molecule has 2 N–H and O–H groups in total. The van der Waals surface area contributed by atoms with Crippen LogP contribution in [-0.2, 0) is 4.74 Å². The summed E-state index contributed by atoms with van der Waals surface area (Å²) >= 11 is 0.